The molecule has 660 valence electrons. The van der Waals surface area contributed by atoms with Crippen LogP contribution in [0.5, 0.6) is 23.0 Å². The first kappa shape index (κ1) is 90.9. The van der Waals surface area contributed by atoms with Gasteiger partial charge in [0.1, 0.15) is 52.1 Å². The van der Waals surface area contributed by atoms with Crippen LogP contribution in [0.1, 0.15) is 160 Å². The number of nitrogens with one attached hydrogen (secondary N) is 8. The van der Waals surface area contributed by atoms with E-state index in [1.807, 2.05) is 152 Å². The van der Waals surface area contributed by atoms with Gasteiger partial charge in [0.2, 0.25) is 53.5 Å². The largest absolute Gasteiger partial charge is 0.496 e. The predicted octanol–water partition coefficient (Wildman–Crippen LogP) is 18.0. The number of aromatic nitrogens is 13. The number of ether oxygens (including phenoxy) is 4. The molecule has 5 aromatic carbocycles. The Hall–Kier alpha value is -12.3. The third-order valence-corrected chi connectivity index (χ3v) is 23.5. The fourth-order valence-corrected chi connectivity index (χ4v) is 16.3. The molecule has 0 unspecified atom stereocenters. The molecule has 3 aliphatic rings. The molecule has 7 aromatic heterocycles. The van der Waals surface area contributed by atoms with Gasteiger partial charge in [-0.05, 0) is 151 Å². The molecule has 3 aliphatic carbocycles. The van der Waals surface area contributed by atoms with Crippen molar-refractivity contribution >= 4 is 97.9 Å². The maximum absolute atomic E-state index is 15.1. The molecule has 3 fully saturated rings. The summed E-state index contributed by atoms with van der Waals surface area (Å²) in [6.45, 7) is 10.7. The molecule has 0 bridgehead atoms. The van der Waals surface area contributed by atoms with E-state index in [9.17, 15) is 18.4 Å². The minimum Gasteiger partial charge on any atom is -0.496 e. The van der Waals surface area contributed by atoms with E-state index in [-0.39, 0.29) is 29.6 Å². The van der Waals surface area contributed by atoms with Crippen LogP contribution in [0.2, 0.25) is 0 Å². The lowest BCUT2D eigenvalue weighted by Crippen LogP contribution is -2.40. The average molecular weight is 1700 g/mol. The van der Waals surface area contributed by atoms with Crippen molar-refractivity contribution in [2.24, 2.45) is 38.9 Å². The summed E-state index contributed by atoms with van der Waals surface area (Å²) in [5.74, 6) is 7.32. The molecule has 0 saturated heterocycles. The number of methoxy groups -OCH3 is 2. The summed E-state index contributed by atoms with van der Waals surface area (Å²) in [4.78, 5) is 64.7. The van der Waals surface area contributed by atoms with Crippen LogP contribution < -0.4 is 66.4 Å². The molecule has 3 saturated carbocycles. The minimum absolute atomic E-state index is 0.0124. The quantitative estimate of drug-likeness (QED) is 0.0104. The lowest BCUT2D eigenvalue weighted by atomic mass is 9.84. The monoisotopic (exact) mass is 1700 g/mol. The fraction of sp³-hybridized carbons (Fsp3) is 0.452. The van der Waals surface area contributed by atoms with Gasteiger partial charge in [-0.25, -0.2) is 29.3 Å². The van der Waals surface area contributed by atoms with Crippen LogP contribution in [0.25, 0.3) is 33.1 Å². The third kappa shape index (κ3) is 25.9. The van der Waals surface area contributed by atoms with Crippen LogP contribution in [0, 0.1) is 35.5 Å². The second-order valence-corrected chi connectivity index (χ2v) is 32.1. The Morgan fingerprint density at radius 2 is 1.00 bits per heavy atom. The second-order valence-electron chi connectivity index (χ2n) is 32.1. The van der Waals surface area contributed by atoms with Gasteiger partial charge in [-0.3, -0.25) is 20.2 Å². The number of rotatable bonds is 35. The maximum Gasteiger partial charge on any atom is 0.234 e. The Bertz CT molecular complexity index is 5360. The number of aryl methyl sites for hydroxylation is 4. The van der Waals surface area contributed by atoms with E-state index in [1.54, 1.807) is 32.9 Å². The number of hydrogen-bond acceptors (Lipinski definition) is 22. The van der Waals surface area contributed by atoms with Crippen LogP contribution in [0.4, 0.5) is 66.2 Å². The lowest BCUT2D eigenvalue weighted by Gasteiger charge is -2.38. The number of carbonyl (C=O) groups excluding carboxylic acids is 2. The summed E-state index contributed by atoms with van der Waals surface area (Å²) in [6, 6.07) is 41.4. The normalized spacial score (nSPS) is 14.4. The van der Waals surface area contributed by atoms with Gasteiger partial charge in [0, 0.05) is 152 Å². The van der Waals surface area contributed by atoms with Gasteiger partial charge in [-0.1, -0.05) is 100 Å². The summed E-state index contributed by atoms with van der Waals surface area (Å²) in [6.07, 6.45) is 28.0. The molecule has 3 atom stereocenters. The maximum atomic E-state index is 15.1. The fourth-order valence-electron chi connectivity index (χ4n) is 16.3. The summed E-state index contributed by atoms with van der Waals surface area (Å²) in [5.41, 5.74) is 7.57. The highest BCUT2D eigenvalue weighted by Crippen LogP contribution is 2.37. The SMILES string of the molecule is CNC(=O)CCCOc1ccc(CN(c2cc(F)nc(Nc3nc4ccccc4n3C)n2)[C@@H](C)C2CCCCC2)c(OC)c1.CNC(=O)CCCOc1ccc(CN[C@@H](C)C2CCCCC2)c(OC)c1.C[C@H](Nc1cc(NCCCn2ccnc2)nc(Nc2nc3ccccc3n2C)n1)C1CCCCC1.Cn1c(Nc2cc(F)cc(F)n2)nc2ccccc21. The Balaban J connectivity index is 0.000000157. The summed E-state index contributed by atoms with van der Waals surface area (Å²) in [5, 5.41) is 25.3. The van der Waals surface area contributed by atoms with Crippen molar-refractivity contribution in [2.75, 3.05) is 79.6 Å². The van der Waals surface area contributed by atoms with Gasteiger partial charge in [-0.15, -0.1) is 0 Å². The molecule has 0 radical (unpaired) electrons. The number of halogens is 3. The predicted molar refractivity (Wildman–Crippen MR) is 484 cm³/mol. The van der Waals surface area contributed by atoms with E-state index in [0.717, 1.165) is 130 Å². The number of benzene rings is 5. The first-order valence-corrected chi connectivity index (χ1v) is 43.6. The summed E-state index contributed by atoms with van der Waals surface area (Å²) < 4.78 is 72.0. The topological polar surface area (TPSA) is 306 Å². The van der Waals surface area contributed by atoms with E-state index in [1.165, 1.54) is 89.5 Å². The van der Waals surface area contributed by atoms with Crippen LogP contribution in [-0.2, 0) is 50.4 Å². The summed E-state index contributed by atoms with van der Waals surface area (Å²) in [7, 11) is 12.3. The Morgan fingerprint density at radius 3 is 1.52 bits per heavy atom. The van der Waals surface area contributed by atoms with E-state index in [0.29, 0.717) is 105 Å². The van der Waals surface area contributed by atoms with Crippen molar-refractivity contribution in [3.63, 3.8) is 0 Å². The van der Waals surface area contributed by atoms with Gasteiger partial charge in [0.15, 0.2) is 0 Å². The van der Waals surface area contributed by atoms with E-state index < -0.39 is 17.7 Å². The molecule has 12 aromatic rings. The number of pyridine rings is 1. The number of imidazole rings is 4. The highest BCUT2D eigenvalue weighted by atomic mass is 19.1. The molecular weight excluding hydrogens is 1580 g/mol. The number of hydrogen-bond donors (Lipinski definition) is 8. The Labute approximate surface area is 724 Å². The highest BCUT2D eigenvalue weighted by Gasteiger charge is 2.30. The smallest absolute Gasteiger partial charge is 0.234 e. The van der Waals surface area contributed by atoms with Crippen molar-refractivity contribution < 1.29 is 41.7 Å². The number of fused-ring (bicyclic) bond motifs is 3. The number of anilines is 9. The zero-order valence-electron chi connectivity index (χ0n) is 73.1. The zero-order valence-corrected chi connectivity index (χ0v) is 73.1. The molecule has 15 rings (SSSR count). The first-order valence-electron chi connectivity index (χ1n) is 43.6. The van der Waals surface area contributed by atoms with Crippen LogP contribution in [-0.4, -0.2) is 141 Å². The molecule has 8 N–H and O–H groups in total. The molecule has 31 heteroatoms. The summed E-state index contributed by atoms with van der Waals surface area (Å²) >= 11 is 0. The minimum atomic E-state index is -0.874. The molecule has 7 heterocycles. The van der Waals surface area contributed by atoms with Crippen molar-refractivity contribution in [3.05, 3.63) is 181 Å². The van der Waals surface area contributed by atoms with E-state index in [4.69, 9.17) is 38.9 Å². The van der Waals surface area contributed by atoms with Gasteiger partial charge in [0.05, 0.1) is 66.9 Å². The van der Waals surface area contributed by atoms with Crippen molar-refractivity contribution in [3.8, 4) is 23.0 Å². The zero-order chi connectivity index (χ0) is 87.3. The van der Waals surface area contributed by atoms with Gasteiger partial charge in [-0.2, -0.15) is 28.7 Å². The van der Waals surface area contributed by atoms with Crippen molar-refractivity contribution in [1.82, 2.24) is 79.1 Å². The number of carbonyl (C=O) groups is 2. The number of para-hydroxylation sites is 6. The number of nitrogens with zero attached hydrogens (tertiary/aromatic N) is 14. The average Bonchev–Trinajstić information content (AvgIpc) is 1.21. The highest BCUT2D eigenvalue weighted by molar-refractivity contribution is 5.81. The van der Waals surface area contributed by atoms with Gasteiger partial charge < -0.3 is 74.0 Å². The van der Waals surface area contributed by atoms with Crippen LogP contribution in [0.15, 0.2) is 152 Å². The first-order chi connectivity index (χ1) is 60.3. The third-order valence-electron chi connectivity index (χ3n) is 23.5. The van der Waals surface area contributed by atoms with E-state index >= 15 is 4.39 Å². The van der Waals surface area contributed by atoms with Gasteiger partial charge >= 0.3 is 0 Å². The Morgan fingerprint density at radius 1 is 0.508 bits per heavy atom. The lowest BCUT2D eigenvalue weighted by molar-refractivity contribution is -0.121. The van der Waals surface area contributed by atoms with Crippen LogP contribution >= 0.6 is 0 Å². The molecule has 0 aliphatic heterocycles. The second kappa shape index (κ2) is 45.7. The van der Waals surface area contributed by atoms with Crippen molar-refractivity contribution in [2.45, 2.75) is 187 Å². The molecule has 28 nitrogen and oxygen atoms in total. The molecule has 0 spiro atoms. The van der Waals surface area contributed by atoms with Crippen molar-refractivity contribution in [1.29, 1.82) is 0 Å². The molecule has 2 amide bonds. The van der Waals surface area contributed by atoms with E-state index in [2.05, 4.69) is 110 Å². The molecular formula is C93H121F3N22O6. The Kier molecular flexibility index (Phi) is 33.5. The van der Waals surface area contributed by atoms with Gasteiger partial charge in [0.25, 0.3) is 0 Å². The standard InChI is InChI=1S/C33H42FN7O3.C26H35N9.C21H34N2O3.C13H10F2N4/c1-22(23-11-6-5-7-12-23)41(21-24-16-17-25(19-28(24)43-4)44-18-10-15-31(42)35-2)30-20-29(34)37-32(38-30)39-33-36-26-13-8-9-14-27(26)40(33)3;1-19(20-9-4-3-5-10-20)29-24-17-23(28-13-8-15-35-16-14-27-18-35)31-25(32-24)33-26-30-21-11-6-7-12-22(21)34(26)2;1-16(17-8-5-4-6-9-17)23-15-18-11-12-19(14-20(18)25-3)26-13-7-10-21(24)22-2;1-19-10-5-3-2-4-9(10)16-13(19)18-12-7-8(14)6-11(15)17-12/h8-9,13-14,16-17,19-20,22-23H,5-7,10-12,15,18,21H2,1-4H3,(H,35,42)(H,36,37,38,39);6-7,11-12,14,16-20H,3-5,8-10,13,15H2,1-2H3,(H3,28,29,30,31,32,33);11-12,14,16-17,23H,4-10,13,15H2,1-3H3,(H,22,24);2-7H,1H3,(H,16,17,18)/t22-;19-;16-;/m000./s1. The number of amides is 2. The molecule has 124 heavy (non-hydrogen) atoms. The van der Waals surface area contributed by atoms with Crippen LogP contribution in [0.3, 0.4) is 0 Å².